The van der Waals surface area contributed by atoms with Gasteiger partial charge in [0.05, 0.1) is 27.8 Å². The molecule has 4 radical (unpaired) electrons. The lowest BCUT2D eigenvalue weighted by Crippen LogP contribution is -2.14. The van der Waals surface area contributed by atoms with Crippen LogP contribution < -0.4 is 10.9 Å². The second-order valence-corrected chi connectivity index (χ2v) is 12.2. The number of aryl methyl sites for hydroxylation is 2. The summed E-state index contributed by atoms with van der Waals surface area (Å²) in [6.45, 7) is 7.73. The summed E-state index contributed by atoms with van der Waals surface area (Å²) in [6, 6.07) is 33.8. The molecule has 2 heterocycles. The molecule has 0 aliphatic rings. The second kappa shape index (κ2) is 10.1. The summed E-state index contributed by atoms with van der Waals surface area (Å²) in [5.74, 6) is -0.115. The standard InChI is InChI=1S/C40H30B2N2O2/c1-21-22(2)37-33(23(3)35(21)41)34-38(36(42)40(46)24(4)39(34)45)43(37)26-18-19-32-29(20-26)28-15-9-11-17-31(28)44(32)30-16-10-8-14-27(30)25-12-6-5-7-13-25/h5-20,45-46H,1-4H3. The summed E-state index contributed by atoms with van der Waals surface area (Å²) < 4.78 is 4.41. The molecule has 0 bridgehead atoms. The van der Waals surface area contributed by atoms with Crippen molar-refractivity contribution in [3.05, 3.63) is 119 Å². The van der Waals surface area contributed by atoms with Crippen LogP contribution in [0, 0.1) is 27.7 Å². The van der Waals surface area contributed by atoms with E-state index < -0.39 is 0 Å². The Morgan fingerprint density at radius 1 is 0.522 bits per heavy atom. The number of hydrogen-bond acceptors (Lipinski definition) is 2. The van der Waals surface area contributed by atoms with Crippen LogP contribution in [0.25, 0.3) is 66.1 Å². The smallest absolute Gasteiger partial charge is 0.132 e. The van der Waals surface area contributed by atoms with Crippen LogP contribution in [0.1, 0.15) is 22.3 Å². The minimum Gasteiger partial charge on any atom is -0.508 e. The van der Waals surface area contributed by atoms with E-state index in [1.165, 1.54) is 0 Å². The summed E-state index contributed by atoms with van der Waals surface area (Å²) in [4.78, 5) is 0. The van der Waals surface area contributed by atoms with Crippen molar-refractivity contribution >= 4 is 70.2 Å². The van der Waals surface area contributed by atoms with Crippen molar-refractivity contribution in [2.45, 2.75) is 27.7 Å². The van der Waals surface area contributed by atoms with E-state index in [0.717, 1.165) is 71.9 Å². The van der Waals surface area contributed by atoms with Crippen LogP contribution in [-0.4, -0.2) is 35.0 Å². The molecular weight excluding hydrogens is 562 g/mol. The maximum absolute atomic E-state index is 11.5. The van der Waals surface area contributed by atoms with E-state index in [1.54, 1.807) is 6.92 Å². The predicted molar refractivity (Wildman–Crippen MR) is 194 cm³/mol. The SMILES string of the molecule is [B]c1c(C)c(C)c2c(c1C)c1c(O)c(C)c(O)c([B])c1n2-c1ccc2c(c1)c1ccccc1n2-c1ccccc1-c1ccccc1. The molecule has 2 aromatic heterocycles. The number of para-hydroxylation sites is 2. The third-order valence-electron chi connectivity index (χ3n) is 9.87. The Hall–Kier alpha value is -5.35. The highest BCUT2D eigenvalue weighted by atomic mass is 16.3. The zero-order valence-corrected chi connectivity index (χ0v) is 26.2. The number of aromatic nitrogens is 2. The summed E-state index contributed by atoms with van der Waals surface area (Å²) in [7, 11) is 13.3. The van der Waals surface area contributed by atoms with Crippen molar-refractivity contribution in [1.82, 2.24) is 9.13 Å². The highest BCUT2D eigenvalue weighted by Crippen LogP contribution is 2.44. The van der Waals surface area contributed by atoms with Gasteiger partial charge in [0.25, 0.3) is 0 Å². The van der Waals surface area contributed by atoms with E-state index >= 15 is 0 Å². The van der Waals surface area contributed by atoms with Gasteiger partial charge in [0.1, 0.15) is 27.2 Å². The average molecular weight is 592 g/mol. The van der Waals surface area contributed by atoms with E-state index in [2.05, 4.69) is 100 Å². The fraction of sp³-hybridized carbons (Fsp3) is 0.100. The molecule has 0 aliphatic carbocycles. The summed E-state index contributed by atoms with van der Waals surface area (Å²) in [5, 5.41) is 26.2. The van der Waals surface area contributed by atoms with E-state index in [4.69, 9.17) is 15.7 Å². The Labute approximate surface area is 270 Å². The lowest BCUT2D eigenvalue weighted by atomic mass is 9.81. The van der Waals surface area contributed by atoms with Crippen LogP contribution in [0.5, 0.6) is 11.5 Å². The first-order chi connectivity index (χ1) is 22.2. The van der Waals surface area contributed by atoms with Crippen molar-refractivity contribution in [2.75, 3.05) is 0 Å². The molecule has 0 unspecified atom stereocenters. The number of rotatable bonds is 3. The van der Waals surface area contributed by atoms with Gasteiger partial charge < -0.3 is 19.3 Å². The first-order valence-corrected chi connectivity index (χ1v) is 15.4. The number of aromatic hydroxyl groups is 2. The fourth-order valence-electron chi connectivity index (χ4n) is 7.34. The fourth-order valence-corrected chi connectivity index (χ4v) is 7.34. The average Bonchev–Trinajstić information content (AvgIpc) is 3.62. The molecule has 2 N–H and O–H groups in total. The molecular formula is C40H30B2N2O2. The molecule has 0 spiro atoms. The van der Waals surface area contributed by atoms with Crippen LogP contribution in [0.2, 0.25) is 0 Å². The number of benzene rings is 6. The summed E-state index contributed by atoms with van der Waals surface area (Å²) >= 11 is 0. The number of phenolic OH excluding ortho intramolecular Hbond substituents is 2. The van der Waals surface area contributed by atoms with Gasteiger partial charge in [-0.2, -0.15) is 0 Å². The Morgan fingerprint density at radius 3 is 1.98 bits per heavy atom. The maximum Gasteiger partial charge on any atom is 0.132 e. The van der Waals surface area contributed by atoms with Crippen molar-refractivity contribution in [2.24, 2.45) is 0 Å². The van der Waals surface area contributed by atoms with Gasteiger partial charge in [-0.3, -0.25) is 0 Å². The van der Waals surface area contributed by atoms with Gasteiger partial charge in [0.15, 0.2) is 0 Å². The zero-order chi connectivity index (χ0) is 32.0. The normalized spacial score (nSPS) is 11.8. The van der Waals surface area contributed by atoms with Gasteiger partial charge >= 0.3 is 0 Å². The van der Waals surface area contributed by atoms with Crippen molar-refractivity contribution < 1.29 is 10.2 Å². The van der Waals surface area contributed by atoms with Crippen LogP contribution in [-0.2, 0) is 0 Å². The molecule has 218 valence electrons. The third kappa shape index (κ3) is 3.70. The van der Waals surface area contributed by atoms with Crippen LogP contribution >= 0.6 is 0 Å². The lowest BCUT2D eigenvalue weighted by molar-refractivity contribution is 0.450. The molecule has 0 atom stereocenters. The maximum atomic E-state index is 11.5. The van der Waals surface area contributed by atoms with E-state index in [0.29, 0.717) is 21.9 Å². The second-order valence-electron chi connectivity index (χ2n) is 12.2. The lowest BCUT2D eigenvalue weighted by Gasteiger charge is -2.16. The Kier molecular flexibility index (Phi) is 6.17. The molecule has 0 aliphatic heterocycles. The van der Waals surface area contributed by atoms with Crippen LogP contribution in [0.3, 0.4) is 0 Å². The number of fused-ring (bicyclic) bond motifs is 6. The summed E-state index contributed by atoms with van der Waals surface area (Å²) in [6.07, 6.45) is 0. The van der Waals surface area contributed by atoms with Gasteiger partial charge in [-0.25, -0.2) is 0 Å². The minimum absolute atomic E-state index is 0.00593. The minimum atomic E-state index is -0.121. The van der Waals surface area contributed by atoms with E-state index in [1.807, 2.05) is 26.8 Å². The van der Waals surface area contributed by atoms with Gasteiger partial charge in [-0.1, -0.05) is 77.8 Å². The van der Waals surface area contributed by atoms with Gasteiger partial charge in [0.2, 0.25) is 0 Å². The topological polar surface area (TPSA) is 50.3 Å². The molecule has 0 amide bonds. The molecule has 0 fully saturated rings. The third-order valence-corrected chi connectivity index (χ3v) is 9.87. The van der Waals surface area contributed by atoms with E-state index in [-0.39, 0.29) is 17.0 Å². The quantitative estimate of drug-likeness (QED) is 0.206. The Bertz CT molecular complexity index is 2480. The Balaban J connectivity index is 1.51. The number of phenols is 2. The molecule has 0 saturated carbocycles. The van der Waals surface area contributed by atoms with Gasteiger partial charge in [-0.05, 0) is 80.2 Å². The highest BCUT2D eigenvalue weighted by Gasteiger charge is 2.26. The molecule has 8 aromatic rings. The van der Waals surface area contributed by atoms with Crippen LogP contribution in [0.15, 0.2) is 97.1 Å². The molecule has 6 heteroatoms. The molecule has 8 rings (SSSR count). The first-order valence-electron chi connectivity index (χ1n) is 15.4. The number of nitrogens with zero attached hydrogens (tertiary/aromatic N) is 2. The van der Waals surface area contributed by atoms with Crippen LogP contribution in [0.4, 0.5) is 0 Å². The van der Waals surface area contributed by atoms with Crippen molar-refractivity contribution in [3.63, 3.8) is 0 Å². The first kappa shape index (κ1) is 28.1. The number of hydrogen-bond donors (Lipinski definition) is 2. The van der Waals surface area contributed by atoms with Gasteiger partial charge in [-0.15, -0.1) is 0 Å². The predicted octanol–water partition coefficient (Wildman–Crippen LogP) is 7.78. The molecule has 46 heavy (non-hydrogen) atoms. The Morgan fingerprint density at radius 2 is 1.20 bits per heavy atom. The van der Waals surface area contributed by atoms with Gasteiger partial charge in [0, 0.05) is 38.4 Å². The largest absolute Gasteiger partial charge is 0.508 e. The monoisotopic (exact) mass is 592 g/mol. The zero-order valence-electron chi connectivity index (χ0n) is 26.2. The highest BCUT2D eigenvalue weighted by molar-refractivity contribution is 6.44. The van der Waals surface area contributed by atoms with Crippen molar-refractivity contribution in [1.29, 1.82) is 0 Å². The molecule has 0 saturated heterocycles. The summed E-state index contributed by atoms with van der Waals surface area (Å²) in [5.41, 5.74) is 12.0. The molecule has 4 nitrogen and oxygen atoms in total. The molecule has 6 aromatic carbocycles. The van der Waals surface area contributed by atoms with E-state index in [9.17, 15) is 10.2 Å². The van der Waals surface area contributed by atoms with Crippen molar-refractivity contribution in [3.8, 4) is 34.0 Å².